The zero-order chi connectivity index (χ0) is 10.8. The molecule has 0 saturated carbocycles. The molecule has 1 aromatic carbocycles. The topological polar surface area (TPSA) is 17.0 Å². The van der Waals surface area contributed by atoms with Crippen molar-refractivity contribution in [2.75, 3.05) is 7.05 Å². The SMILES string of the molecule is CCn1ccc2ccc(C(C)NC)cc21. The van der Waals surface area contributed by atoms with Crippen LogP contribution in [0.1, 0.15) is 25.5 Å². The lowest BCUT2D eigenvalue weighted by molar-refractivity contribution is 0.652. The fourth-order valence-electron chi connectivity index (χ4n) is 1.91. The van der Waals surface area contributed by atoms with E-state index in [1.807, 2.05) is 7.05 Å². The van der Waals surface area contributed by atoms with E-state index in [0.717, 1.165) is 6.54 Å². The number of aromatic nitrogens is 1. The maximum absolute atomic E-state index is 3.27. The molecular weight excluding hydrogens is 184 g/mol. The van der Waals surface area contributed by atoms with Gasteiger partial charge in [-0.05, 0) is 44.0 Å². The Bertz CT molecular complexity index is 457. The standard InChI is InChI=1S/C13H18N2/c1-4-15-8-7-11-5-6-12(9-13(11)15)10(2)14-3/h5-10,14H,4H2,1-3H3. The lowest BCUT2D eigenvalue weighted by Gasteiger charge is -2.11. The van der Waals surface area contributed by atoms with Crippen LogP contribution in [0.3, 0.4) is 0 Å². The first-order chi connectivity index (χ1) is 7.26. The van der Waals surface area contributed by atoms with Gasteiger partial charge in [0.25, 0.3) is 0 Å². The van der Waals surface area contributed by atoms with E-state index in [-0.39, 0.29) is 0 Å². The van der Waals surface area contributed by atoms with E-state index in [1.54, 1.807) is 0 Å². The van der Waals surface area contributed by atoms with Gasteiger partial charge in [0.2, 0.25) is 0 Å². The molecule has 0 amide bonds. The zero-order valence-corrected chi connectivity index (χ0v) is 9.62. The highest BCUT2D eigenvalue weighted by atomic mass is 14.9. The van der Waals surface area contributed by atoms with E-state index in [9.17, 15) is 0 Å². The van der Waals surface area contributed by atoms with Gasteiger partial charge in [0, 0.05) is 24.3 Å². The van der Waals surface area contributed by atoms with Crippen LogP contribution in [-0.2, 0) is 6.54 Å². The van der Waals surface area contributed by atoms with Crippen molar-refractivity contribution in [3.8, 4) is 0 Å². The first kappa shape index (κ1) is 10.2. The summed E-state index contributed by atoms with van der Waals surface area (Å²) in [7, 11) is 1.99. The molecule has 0 saturated heterocycles. The smallest absolute Gasteiger partial charge is 0.0483 e. The van der Waals surface area contributed by atoms with Crippen LogP contribution in [0.5, 0.6) is 0 Å². The van der Waals surface area contributed by atoms with Gasteiger partial charge in [-0.25, -0.2) is 0 Å². The zero-order valence-electron chi connectivity index (χ0n) is 9.62. The lowest BCUT2D eigenvalue weighted by atomic mass is 10.1. The second kappa shape index (κ2) is 4.07. The fraction of sp³-hybridized carbons (Fsp3) is 0.385. The van der Waals surface area contributed by atoms with Crippen LogP contribution < -0.4 is 5.32 Å². The lowest BCUT2D eigenvalue weighted by Crippen LogP contribution is -2.12. The molecule has 0 radical (unpaired) electrons. The summed E-state index contributed by atoms with van der Waals surface area (Å²) >= 11 is 0. The maximum Gasteiger partial charge on any atom is 0.0483 e. The monoisotopic (exact) mass is 202 g/mol. The quantitative estimate of drug-likeness (QED) is 0.809. The normalized spacial score (nSPS) is 13.3. The molecule has 2 heteroatoms. The highest BCUT2D eigenvalue weighted by Crippen LogP contribution is 2.21. The summed E-state index contributed by atoms with van der Waals surface area (Å²) in [6.07, 6.45) is 2.15. The molecule has 2 nitrogen and oxygen atoms in total. The molecule has 0 aliphatic rings. The molecule has 1 unspecified atom stereocenters. The number of fused-ring (bicyclic) bond motifs is 1. The Balaban J connectivity index is 2.52. The van der Waals surface area contributed by atoms with E-state index in [1.165, 1.54) is 16.5 Å². The Morgan fingerprint density at radius 3 is 2.80 bits per heavy atom. The molecule has 15 heavy (non-hydrogen) atoms. The Hall–Kier alpha value is -1.28. The number of aryl methyl sites for hydroxylation is 1. The van der Waals surface area contributed by atoms with Crippen molar-refractivity contribution < 1.29 is 0 Å². The summed E-state index contributed by atoms with van der Waals surface area (Å²) in [4.78, 5) is 0. The third kappa shape index (κ3) is 1.77. The van der Waals surface area contributed by atoms with Crippen LogP contribution >= 0.6 is 0 Å². The van der Waals surface area contributed by atoms with Gasteiger partial charge >= 0.3 is 0 Å². The largest absolute Gasteiger partial charge is 0.348 e. The van der Waals surface area contributed by atoms with Gasteiger partial charge in [0.05, 0.1) is 0 Å². The van der Waals surface area contributed by atoms with Gasteiger partial charge in [-0.3, -0.25) is 0 Å². The molecular formula is C13H18N2. The van der Waals surface area contributed by atoms with E-state index < -0.39 is 0 Å². The third-order valence-corrected chi connectivity index (χ3v) is 3.07. The van der Waals surface area contributed by atoms with Gasteiger partial charge in [0.15, 0.2) is 0 Å². The van der Waals surface area contributed by atoms with Crippen LogP contribution in [0.15, 0.2) is 30.5 Å². The summed E-state index contributed by atoms with van der Waals surface area (Å²) in [5.74, 6) is 0. The minimum atomic E-state index is 0.412. The van der Waals surface area contributed by atoms with Gasteiger partial charge in [-0.15, -0.1) is 0 Å². The van der Waals surface area contributed by atoms with Crippen LogP contribution in [0, 0.1) is 0 Å². The molecule has 1 atom stereocenters. The molecule has 0 fully saturated rings. The molecule has 2 aromatic rings. The van der Waals surface area contributed by atoms with Crippen LogP contribution in [0.25, 0.3) is 10.9 Å². The van der Waals surface area contributed by atoms with E-state index in [4.69, 9.17) is 0 Å². The van der Waals surface area contributed by atoms with Gasteiger partial charge in [0.1, 0.15) is 0 Å². The van der Waals surface area contributed by atoms with E-state index >= 15 is 0 Å². The summed E-state index contributed by atoms with van der Waals surface area (Å²) in [6.45, 7) is 5.38. The number of hydrogen-bond donors (Lipinski definition) is 1. The average Bonchev–Trinajstić information content (AvgIpc) is 2.69. The second-order valence-electron chi connectivity index (χ2n) is 3.93. The Labute approximate surface area is 90.9 Å². The van der Waals surface area contributed by atoms with Gasteiger partial charge in [-0.2, -0.15) is 0 Å². The average molecular weight is 202 g/mol. The molecule has 2 rings (SSSR count). The van der Waals surface area contributed by atoms with Crippen molar-refractivity contribution in [2.24, 2.45) is 0 Å². The van der Waals surface area contributed by atoms with Crippen molar-refractivity contribution >= 4 is 10.9 Å². The number of nitrogens with zero attached hydrogens (tertiary/aromatic N) is 1. The van der Waals surface area contributed by atoms with Crippen molar-refractivity contribution in [3.05, 3.63) is 36.0 Å². The molecule has 1 heterocycles. The fourth-order valence-corrected chi connectivity index (χ4v) is 1.91. The van der Waals surface area contributed by atoms with Crippen molar-refractivity contribution in [1.29, 1.82) is 0 Å². The van der Waals surface area contributed by atoms with Crippen LogP contribution in [0.2, 0.25) is 0 Å². The number of benzene rings is 1. The summed E-state index contributed by atoms with van der Waals surface area (Å²) < 4.78 is 2.28. The second-order valence-corrected chi connectivity index (χ2v) is 3.93. The molecule has 0 spiro atoms. The molecule has 0 bridgehead atoms. The Kier molecular flexibility index (Phi) is 2.78. The number of nitrogens with one attached hydrogen (secondary N) is 1. The Morgan fingerprint density at radius 1 is 1.33 bits per heavy atom. The van der Waals surface area contributed by atoms with E-state index in [2.05, 4.69) is 54.2 Å². The number of hydrogen-bond acceptors (Lipinski definition) is 1. The van der Waals surface area contributed by atoms with Gasteiger partial charge < -0.3 is 9.88 Å². The highest BCUT2D eigenvalue weighted by Gasteiger charge is 2.05. The minimum Gasteiger partial charge on any atom is -0.348 e. The summed E-state index contributed by atoms with van der Waals surface area (Å²) in [6, 6.07) is 9.26. The first-order valence-corrected chi connectivity index (χ1v) is 5.52. The molecule has 1 aromatic heterocycles. The predicted octanol–water partition coefficient (Wildman–Crippen LogP) is 2.94. The minimum absolute atomic E-state index is 0.412. The predicted molar refractivity (Wildman–Crippen MR) is 65.1 cm³/mol. The van der Waals surface area contributed by atoms with Crippen molar-refractivity contribution in [3.63, 3.8) is 0 Å². The maximum atomic E-state index is 3.27. The number of rotatable bonds is 3. The van der Waals surface area contributed by atoms with Crippen LogP contribution in [-0.4, -0.2) is 11.6 Å². The Morgan fingerprint density at radius 2 is 2.13 bits per heavy atom. The summed E-state index contributed by atoms with van der Waals surface area (Å²) in [5.41, 5.74) is 2.68. The summed E-state index contributed by atoms with van der Waals surface area (Å²) in [5, 5.41) is 4.59. The van der Waals surface area contributed by atoms with Crippen molar-refractivity contribution in [1.82, 2.24) is 9.88 Å². The van der Waals surface area contributed by atoms with Crippen LogP contribution in [0.4, 0.5) is 0 Å². The first-order valence-electron chi connectivity index (χ1n) is 5.52. The molecule has 80 valence electrons. The third-order valence-electron chi connectivity index (χ3n) is 3.07. The molecule has 1 N–H and O–H groups in total. The van der Waals surface area contributed by atoms with Gasteiger partial charge in [-0.1, -0.05) is 12.1 Å². The van der Waals surface area contributed by atoms with Crippen molar-refractivity contribution in [2.45, 2.75) is 26.4 Å². The molecule has 0 aliphatic carbocycles. The van der Waals surface area contributed by atoms with E-state index in [0.29, 0.717) is 6.04 Å². The highest BCUT2D eigenvalue weighted by molar-refractivity contribution is 5.80. The molecule has 0 aliphatic heterocycles.